The summed E-state index contributed by atoms with van der Waals surface area (Å²) < 4.78 is 29.5. The summed E-state index contributed by atoms with van der Waals surface area (Å²) in [5.74, 6) is 0.612. The number of fused-ring (bicyclic) bond motifs is 7. The van der Waals surface area contributed by atoms with Gasteiger partial charge in [-0.05, 0) is 66.6 Å². The van der Waals surface area contributed by atoms with Gasteiger partial charge in [-0.3, -0.25) is 14.3 Å². The second-order valence-corrected chi connectivity index (χ2v) is 12.7. The van der Waals surface area contributed by atoms with E-state index in [9.17, 15) is 13.8 Å². The van der Waals surface area contributed by atoms with E-state index in [-0.39, 0.29) is 11.9 Å². The smallest absolute Gasteiger partial charge is 0.314 e. The molecule has 1 aliphatic heterocycles. The van der Waals surface area contributed by atoms with Crippen LogP contribution in [0.3, 0.4) is 0 Å². The van der Waals surface area contributed by atoms with Gasteiger partial charge in [-0.25, -0.2) is 8.51 Å². The molecule has 9 heteroatoms. The summed E-state index contributed by atoms with van der Waals surface area (Å²) in [7, 11) is 6.42. The van der Waals surface area contributed by atoms with Crippen molar-refractivity contribution in [1.82, 2.24) is 13.6 Å². The number of carbonyl (C=O) groups excluding carboxylic acids is 2. The molecular formula is C30H35N3O5S. The minimum atomic E-state index is -1.63. The number of hydrogen-bond acceptors (Lipinski definition) is 5. The summed E-state index contributed by atoms with van der Waals surface area (Å²) in [5.41, 5.74) is 5.39. The topological polar surface area (TPSA) is 89.9 Å². The number of methoxy groups -OCH3 is 2. The molecule has 1 amide bonds. The van der Waals surface area contributed by atoms with Crippen molar-refractivity contribution in [2.24, 2.45) is 5.41 Å². The monoisotopic (exact) mass is 549 g/mol. The zero-order valence-electron chi connectivity index (χ0n) is 22.9. The van der Waals surface area contributed by atoms with E-state index in [1.165, 1.54) is 36.2 Å². The lowest BCUT2D eigenvalue weighted by Crippen LogP contribution is -2.34. The predicted molar refractivity (Wildman–Crippen MR) is 151 cm³/mol. The van der Waals surface area contributed by atoms with Crippen molar-refractivity contribution in [3.8, 4) is 17.0 Å². The number of amides is 1. The van der Waals surface area contributed by atoms with Crippen LogP contribution in [0.4, 0.5) is 0 Å². The number of esters is 1. The molecule has 2 saturated carbocycles. The number of carbonyl (C=O) groups is 2. The lowest BCUT2D eigenvalue weighted by Gasteiger charge is -2.24. The summed E-state index contributed by atoms with van der Waals surface area (Å²) >= 11 is -1.63. The molecule has 3 aromatic rings. The molecule has 1 aromatic heterocycles. The van der Waals surface area contributed by atoms with Gasteiger partial charge in [-0.1, -0.05) is 25.3 Å². The summed E-state index contributed by atoms with van der Waals surface area (Å²) in [5, 5.41) is 1.11. The van der Waals surface area contributed by atoms with Crippen molar-refractivity contribution in [3.63, 3.8) is 0 Å². The Kier molecular flexibility index (Phi) is 6.54. The van der Waals surface area contributed by atoms with Crippen LogP contribution in [-0.2, 0) is 27.2 Å². The van der Waals surface area contributed by atoms with Crippen LogP contribution in [0.25, 0.3) is 22.2 Å². The van der Waals surface area contributed by atoms with E-state index >= 15 is 0 Å². The van der Waals surface area contributed by atoms with E-state index in [1.54, 1.807) is 21.2 Å². The fraction of sp³-hybridized carbons (Fsp3) is 0.467. The van der Waals surface area contributed by atoms with Crippen molar-refractivity contribution < 1.29 is 23.3 Å². The lowest BCUT2D eigenvalue weighted by atomic mass is 9.81. The summed E-state index contributed by atoms with van der Waals surface area (Å²) in [6.07, 6.45) is 6.58. The molecule has 2 fully saturated rings. The standard InChI is InChI=1S/C30H35N3O5S/c1-32(2)39(36)31-28(34)19-10-12-22-25(14-19)33-17-30(29(35)38-4)16-24(30)23-15-20(37-3)11-13-21(23)27(33)26(22)18-8-6-5-7-9-18/h10-15,18,24H,5-9,16-17H2,1-4H3,(H,31,34). The molecule has 39 heavy (non-hydrogen) atoms. The second-order valence-electron chi connectivity index (χ2n) is 11.3. The highest BCUT2D eigenvalue weighted by Gasteiger charge is 2.63. The van der Waals surface area contributed by atoms with Crippen molar-refractivity contribution in [2.75, 3.05) is 28.3 Å². The van der Waals surface area contributed by atoms with Crippen molar-refractivity contribution in [1.29, 1.82) is 0 Å². The summed E-state index contributed by atoms with van der Waals surface area (Å²) in [6, 6.07) is 12.0. The van der Waals surface area contributed by atoms with Crippen LogP contribution in [0.1, 0.15) is 71.8 Å². The molecule has 8 nitrogen and oxygen atoms in total. The average Bonchev–Trinajstić information content (AvgIpc) is 3.62. The first-order valence-corrected chi connectivity index (χ1v) is 14.7. The Hall–Kier alpha value is -3.17. The maximum atomic E-state index is 13.3. The number of nitrogens with one attached hydrogen (secondary N) is 1. The van der Waals surface area contributed by atoms with Gasteiger partial charge in [0.2, 0.25) is 0 Å². The number of rotatable bonds is 6. The molecular weight excluding hydrogens is 514 g/mol. The zero-order chi connectivity index (χ0) is 27.5. The third-order valence-corrected chi connectivity index (χ3v) is 9.91. The van der Waals surface area contributed by atoms with E-state index in [0.29, 0.717) is 24.4 Å². The first-order chi connectivity index (χ1) is 18.8. The number of benzene rings is 2. The lowest BCUT2D eigenvalue weighted by molar-refractivity contribution is -0.147. The SMILES string of the molecule is COC(=O)C12CC1c1cc(OC)ccc1-c1c(C3CCCCC3)c3ccc(C(=O)NS(=O)N(C)C)cc3n1C2. The molecule has 2 aromatic carbocycles. The Morgan fingerprint density at radius 3 is 2.54 bits per heavy atom. The number of hydrogen-bond donors (Lipinski definition) is 1. The van der Waals surface area contributed by atoms with Crippen LogP contribution in [0.5, 0.6) is 5.75 Å². The van der Waals surface area contributed by atoms with Crippen LogP contribution in [-0.4, -0.2) is 53.3 Å². The molecule has 3 aliphatic rings. The molecule has 206 valence electrons. The zero-order valence-corrected chi connectivity index (χ0v) is 23.7. The van der Waals surface area contributed by atoms with Crippen LogP contribution < -0.4 is 9.46 Å². The van der Waals surface area contributed by atoms with Crippen LogP contribution >= 0.6 is 0 Å². The van der Waals surface area contributed by atoms with E-state index in [4.69, 9.17) is 9.47 Å². The second kappa shape index (κ2) is 9.78. The van der Waals surface area contributed by atoms with Crippen LogP contribution in [0.15, 0.2) is 36.4 Å². The van der Waals surface area contributed by atoms with Crippen molar-refractivity contribution >= 4 is 34.0 Å². The molecule has 2 aliphatic carbocycles. The summed E-state index contributed by atoms with van der Waals surface area (Å²) in [6.45, 7) is 0.481. The van der Waals surface area contributed by atoms with Gasteiger partial charge < -0.3 is 14.0 Å². The highest BCUT2D eigenvalue weighted by Crippen LogP contribution is 2.66. The van der Waals surface area contributed by atoms with Gasteiger partial charge in [0, 0.05) is 48.6 Å². The van der Waals surface area contributed by atoms with Gasteiger partial charge in [0.05, 0.1) is 25.3 Å². The largest absolute Gasteiger partial charge is 0.497 e. The van der Waals surface area contributed by atoms with E-state index in [2.05, 4.69) is 21.4 Å². The quantitative estimate of drug-likeness (QED) is 0.442. The van der Waals surface area contributed by atoms with Gasteiger partial charge in [0.25, 0.3) is 5.91 Å². The van der Waals surface area contributed by atoms with Gasteiger partial charge in [0.1, 0.15) is 5.75 Å². The van der Waals surface area contributed by atoms with Crippen LogP contribution in [0.2, 0.25) is 0 Å². The molecule has 1 N–H and O–H groups in total. The first-order valence-electron chi connectivity index (χ1n) is 13.6. The molecule has 2 heterocycles. The Morgan fingerprint density at radius 1 is 1.08 bits per heavy atom. The number of aromatic nitrogens is 1. The maximum Gasteiger partial charge on any atom is 0.314 e. The normalized spacial score (nSPS) is 22.8. The van der Waals surface area contributed by atoms with Crippen molar-refractivity contribution in [3.05, 3.63) is 53.1 Å². The predicted octanol–water partition coefficient (Wildman–Crippen LogP) is 4.90. The fourth-order valence-corrected chi connectivity index (χ4v) is 7.30. The molecule has 3 atom stereocenters. The minimum absolute atomic E-state index is 0.0400. The van der Waals surface area contributed by atoms with Crippen molar-refractivity contribution in [2.45, 2.75) is 56.9 Å². The molecule has 0 bridgehead atoms. The van der Waals surface area contributed by atoms with Gasteiger partial charge >= 0.3 is 5.97 Å². The molecule has 0 radical (unpaired) electrons. The van der Waals surface area contributed by atoms with Gasteiger partial charge in [-0.2, -0.15) is 0 Å². The van der Waals surface area contributed by atoms with Crippen LogP contribution in [0, 0.1) is 5.41 Å². The Bertz CT molecular complexity index is 1510. The number of ether oxygens (including phenoxy) is 2. The first kappa shape index (κ1) is 26.1. The number of nitrogens with zero attached hydrogens (tertiary/aromatic N) is 2. The van der Waals surface area contributed by atoms with Gasteiger partial charge in [0.15, 0.2) is 11.2 Å². The molecule has 0 saturated heterocycles. The third kappa shape index (κ3) is 4.17. The molecule has 0 spiro atoms. The highest BCUT2D eigenvalue weighted by molar-refractivity contribution is 7.81. The minimum Gasteiger partial charge on any atom is -0.497 e. The molecule has 6 rings (SSSR count). The Morgan fingerprint density at radius 2 is 1.85 bits per heavy atom. The highest BCUT2D eigenvalue weighted by atomic mass is 32.2. The average molecular weight is 550 g/mol. The maximum absolute atomic E-state index is 13.3. The van der Waals surface area contributed by atoms with E-state index < -0.39 is 22.5 Å². The summed E-state index contributed by atoms with van der Waals surface area (Å²) in [4.78, 5) is 26.4. The Balaban J connectivity index is 1.60. The molecule has 3 unspecified atom stereocenters. The fourth-order valence-electron chi connectivity index (χ4n) is 6.84. The third-order valence-electron chi connectivity index (χ3n) is 8.89. The van der Waals surface area contributed by atoms with Gasteiger partial charge in [-0.15, -0.1) is 0 Å². The Labute approximate surface area is 231 Å². The van der Waals surface area contributed by atoms with E-state index in [1.807, 2.05) is 24.3 Å². The van der Waals surface area contributed by atoms with E-state index in [0.717, 1.165) is 46.3 Å².